The molecule has 28 heavy (non-hydrogen) atoms. The highest BCUT2D eigenvalue weighted by molar-refractivity contribution is 5.91. The number of aryl methyl sites for hydroxylation is 1. The summed E-state index contributed by atoms with van der Waals surface area (Å²) in [7, 11) is 0. The van der Waals surface area contributed by atoms with Gasteiger partial charge in [0.1, 0.15) is 11.9 Å². The lowest BCUT2D eigenvalue weighted by atomic mass is 10.0. The second-order valence-electron chi connectivity index (χ2n) is 7.36. The maximum absolute atomic E-state index is 13.0. The van der Waals surface area contributed by atoms with E-state index in [0.717, 1.165) is 40.2 Å². The summed E-state index contributed by atoms with van der Waals surface area (Å²) in [6, 6.07) is 19.8. The van der Waals surface area contributed by atoms with Crippen LogP contribution in [0.3, 0.4) is 0 Å². The van der Waals surface area contributed by atoms with E-state index in [2.05, 4.69) is 10.3 Å². The molecule has 3 heterocycles. The molecular weight excluding hydrogens is 350 g/mol. The Balaban J connectivity index is 1.40. The van der Waals surface area contributed by atoms with Gasteiger partial charge >= 0.3 is 6.03 Å². The van der Waals surface area contributed by atoms with Gasteiger partial charge in [0.15, 0.2) is 0 Å². The van der Waals surface area contributed by atoms with Crippen LogP contribution in [0.15, 0.2) is 66.9 Å². The van der Waals surface area contributed by atoms with Crippen molar-refractivity contribution in [3.05, 3.63) is 78.0 Å². The average molecular weight is 371 g/mol. The molecule has 140 valence electrons. The number of anilines is 1. The number of amides is 2. The fraction of sp³-hybridized carbons (Fsp3) is 0.217. The van der Waals surface area contributed by atoms with Crippen molar-refractivity contribution in [3.8, 4) is 17.0 Å². The third-order valence-electron chi connectivity index (χ3n) is 5.52. The van der Waals surface area contributed by atoms with Crippen LogP contribution < -0.4 is 10.1 Å². The number of ether oxygens (including phenoxy) is 1. The van der Waals surface area contributed by atoms with Crippen LogP contribution in [-0.4, -0.2) is 28.6 Å². The fourth-order valence-corrected chi connectivity index (χ4v) is 4.14. The van der Waals surface area contributed by atoms with Crippen LogP contribution >= 0.6 is 0 Å². The molecule has 2 aliphatic heterocycles. The maximum Gasteiger partial charge on any atom is 0.322 e. The summed E-state index contributed by atoms with van der Waals surface area (Å²) in [6.07, 6.45) is 2.69. The predicted molar refractivity (Wildman–Crippen MR) is 108 cm³/mol. The first-order chi connectivity index (χ1) is 13.7. The highest BCUT2D eigenvalue weighted by atomic mass is 16.5. The van der Waals surface area contributed by atoms with Gasteiger partial charge in [-0.1, -0.05) is 30.3 Å². The predicted octanol–water partition coefficient (Wildman–Crippen LogP) is 4.80. The van der Waals surface area contributed by atoms with E-state index in [1.165, 1.54) is 0 Å². The van der Waals surface area contributed by atoms with Gasteiger partial charge in [0.2, 0.25) is 0 Å². The molecule has 2 unspecified atom stereocenters. The molecule has 2 bridgehead atoms. The molecule has 2 aliphatic rings. The molecule has 5 heteroatoms. The smallest absolute Gasteiger partial charge is 0.322 e. The second kappa shape index (κ2) is 6.68. The number of likely N-dealkylation sites (tertiary alicyclic amines) is 1. The first kappa shape index (κ1) is 16.8. The summed E-state index contributed by atoms with van der Waals surface area (Å²) in [5.41, 5.74) is 4.90. The van der Waals surface area contributed by atoms with Gasteiger partial charge in [0.05, 0.1) is 18.3 Å². The van der Waals surface area contributed by atoms with Gasteiger partial charge in [-0.15, -0.1) is 0 Å². The highest BCUT2D eigenvalue weighted by Gasteiger charge is 2.42. The van der Waals surface area contributed by atoms with Gasteiger partial charge in [-0.2, -0.15) is 0 Å². The standard InChI is InChI=1S/C23H21N3O2/c1-15-9-10-16(12-19(15)20-7-4-5-11-24-20)25-23(27)26-14-17-13-21(26)18-6-2-3-8-22(18)28-17/h2-12,17,21H,13-14H2,1H3,(H,25,27). The summed E-state index contributed by atoms with van der Waals surface area (Å²) in [5.74, 6) is 0.895. The number of pyridine rings is 1. The van der Waals surface area contributed by atoms with Gasteiger partial charge in [0.25, 0.3) is 0 Å². The van der Waals surface area contributed by atoms with Gasteiger partial charge in [-0.25, -0.2) is 4.79 Å². The Labute approximate surface area is 164 Å². The number of benzene rings is 2. The molecule has 0 radical (unpaired) electrons. The normalized spacial score (nSPS) is 19.7. The van der Waals surface area contributed by atoms with Crippen LogP contribution in [0.1, 0.15) is 23.6 Å². The number of urea groups is 1. The van der Waals surface area contributed by atoms with E-state index in [4.69, 9.17) is 4.74 Å². The van der Waals surface area contributed by atoms with Crippen LogP contribution in [0.2, 0.25) is 0 Å². The topological polar surface area (TPSA) is 54.5 Å². The van der Waals surface area contributed by atoms with E-state index in [9.17, 15) is 4.79 Å². The fourth-order valence-electron chi connectivity index (χ4n) is 4.14. The Morgan fingerprint density at radius 2 is 2.00 bits per heavy atom. The van der Waals surface area contributed by atoms with Crippen molar-refractivity contribution >= 4 is 11.7 Å². The van der Waals surface area contributed by atoms with E-state index in [1.807, 2.05) is 72.5 Å². The monoisotopic (exact) mass is 371 g/mol. The van der Waals surface area contributed by atoms with Gasteiger partial charge in [0, 0.05) is 29.4 Å². The Hall–Kier alpha value is -3.34. The molecule has 5 rings (SSSR count). The molecule has 5 nitrogen and oxygen atoms in total. The summed E-state index contributed by atoms with van der Waals surface area (Å²) in [6.45, 7) is 2.65. The molecule has 0 aliphatic carbocycles. The SMILES string of the molecule is Cc1ccc(NC(=O)N2CC3CC2c2ccccc2O3)cc1-c1ccccn1. The number of para-hydroxylation sites is 1. The summed E-state index contributed by atoms with van der Waals surface area (Å²) in [4.78, 5) is 19.4. The van der Waals surface area contributed by atoms with Crippen molar-refractivity contribution in [2.24, 2.45) is 0 Å². The van der Waals surface area contributed by atoms with Gasteiger partial charge in [-0.3, -0.25) is 4.98 Å². The first-order valence-electron chi connectivity index (χ1n) is 9.54. The number of fused-ring (bicyclic) bond motifs is 4. The van der Waals surface area contributed by atoms with E-state index in [1.54, 1.807) is 6.20 Å². The van der Waals surface area contributed by atoms with Gasteiger partial charge in [-0.05, 0) is 42.8 Å². The number of hydrogen-bond acceptors (Lipinski definition) is 3. The first-order valence-corrected chi connectivity index (χ1v) is 9.54. The molecule has 1 saturated heterocycles. The molecule has 1 N–H and O–H groups in total. The molecule has 2 aromatic carbocycles. The van der Waals surface area contributed by atoms with Crippen LogP contribution in [-0.2, 0) is 0 Å². The molecule has 2 amide bonds. The number of nitrogens with one attached hydrogen (secondary N) is 1. The lowest BCUT2D eigenvalue weighted by molar-refractivity contribution is 0.198. The van der Waals surface area contributed by atoms with Crippen LogP contribution in [0.5, 0.6) is 5.75 Å². The van der Waals surface area contributed by atoms with Gasteiger partial charge < -0.3 is 15.0 Å². The summed E-state index contributed by atoms with van der Waals surface area (Å²) >= 11 is 0. The van der Waals surface area contributed by atoms with E-state index >= 15 is 0 Å². The molecule has 1 fully saturated rings. The van der Waals surface area contributed by atoms with Crippen LogP contribution in [0.4, 0.5) is 10.5 Å². The molecule has 0 spiro atoms. The van der Waals surface area contributed by atoms with E-state index in [0.29, 0.717) is 6.54 Å². The quantitative estimate of drug-likeness (QED) is 0.704. The zero-order chi connectivity index (χ0) is 19.1. The van der Waals surface area contributed by atoms with Crippen LogP contribution in [0, 0.1) is 6.92 Å². The number of aromatic nitrogens is 1. The van der Waals surface area contributed by atoms with Crippen molar-refractivity contribution in [2.45, 2.75) is 25.5 Å². The molecule has 1 aromatic heterocycles. The molecular formula is C23H21N3O2. The third kappa shape index (κ3) is 2.89. The Morgan fingerprint density at radius 1 is 1.14 bits per heavy atom. The lowest BCUT2D eigenvalue weighted by Gasteiger charge is -2.26. The maximum atomic E-state index is 13.0. The Morgan fingerprint density at radius 3 is 2.86 bits per heavy atom. The largest absolute Gasteiger partial charge is 0.488 e. The Kier molecular flexibility index (Phi) is 4.01. The number of rotatable bonds is 2. The molecule has 0 saturated carbocycles. The van der Waals surface area contributed by atoms with Crippen molar-refractivity contribution in [1.82, 2.24) is 9.88 Å². The Bertz CT molecular complexity index is 1040. The zero-order valence-electron chi connectivity index (χ0n) is 15.6. The number of carbonyl (C=O) groups excluding carboxylic acids is 1. The van der Waals surface area contributed by atoms with E-state index < -0.39 is 0 Å². The van der Waals surface area contributed by atoms with Crippen molar-refractivity contribution < 1.29 is 9.53 Å². The summed E-state index contributed by atoms with van der Waals surface area (Å²) in [5, 5.41) is 3.07. The average Bonchev–Trinajstić information content (AvgIpc) is 3.08. The zero-order valence-corrected chi connectivity index (χ0v) is 15.6. The minimum atomic E-state index is -0.0939. The minimum Gasteiger partial charge on any atom is -0.488 e. The van der Waals surface area contributed by atoms with Crippen molar-refractivity contribution in [2.75, 3.05) is 11.9 Å². The van der Waals surface area contributed by atoms with Crippen molar-refractivity contribution in [1.29, 1.82) is 0 Å². The number of hydrogen-bond donors (Lipinski definition) is 1. The second-order valence-corrected chi connectivity index (χ2v) is 7.36. The minimum absolute atomic E-state index is 0.0627. The summed E-state index contributed by atoms with van der Waals surface area (Å²) < 4.78 is 6.02. The highest BCUT2D eigenvalue weighted by Crippen LogP contribution is 2.43. The van der Waals surface area contributed by atoms with Crippen LogP contribution in [0.25, 0.3) is 11.3 Å². The number of nitrogens with zero attached hydrogens (tertiary/aromatic N) is 2. The van der Waals surface area contributed by atoms with Crippen molar-refractivity contribution in [3.63, 3.8) is 0 Å². The van der Waals surface area contributed by atoms with E-state index in [-0.39, 0.29) is 18.2 Å². The molecule has 3 aromatic rings. The lowest BCUT2D eigenvalue weighted by Crippen LogP contribution is -2.34. The number of carbonyl (C=O) groups is 1. The third-order valence-corrected chi connectivity index (χ3v) is 5.52. The molecule has 2 atom stereocenters.